The zero-order valence-corrected chi connectivity index (χ0v) is 20.3. The number of hydrogen-bond donors (Lipinski definition) is 2. The number of nitrogens with one attached hydrogen (secondary N) is 2. The van der Waals surface area contributed by atoms with Crippen LogP contribution >= 0.6 is 0 Å². The molecule has 9 nitrogen and oxygen atoms in total. The Labute approximate surface area is 195 Å². The number of nitro groups is 1. The van der Waals surface area contributed by atoms with Crippen LogP contribution in [0, 0.1) is 10.1 Å². The van der Waals surface area contributed by atoms with Crippen LogP contribution in [-0.4, -0.2) is 50.5 Å². The van der Waals surface area contributed by atoms with Gasteiger partial charge in [0.2, 0.25) is 10.0 Å². The fraction of sp³-hybridized carbons (Fsp3) is 0.478. The molecule has 0 spiro atoms. The largest absolute Gasteiger partial charge is 0.497 e. The van der Waals surface area contributed by atoms with Crippen molar-refractivity contribution in [1.29, 1.82) is 0 Å². The Morgan fingerprint density at radius 2 is 1.76 bits per heavy atom. The smallest absolute Gasteiger partial charge is 0.293 e. The van der Waals surface area contributed by atoms with Gasteiger partial charge in [0, 0.05) is 18.2 Å². The van der Waals surface area contributed by atoms with Crippen molar-refractivity contribution in [3.63, 3.8) is 0 Å². The monoisotopic (exact) mass is 476 g/mol. The van der Waals surface area contributed by atoms with Crippen molar-refractivity contribution in [3.8, 4) is 5.75 Å². The maximum atomic E-state index is 12.6. The average Bonchev–Trinajstić information content (AvgIpc) is 3.27. The molecule has 0 bridgehead atoms. The van der Waals surface area contributed by atoms with Gasteiger partial charge in [0.25, 0.3) is 5.69 Å². The first-order valence-electron chi connectivity index (χ1n) is 10.9. The predicted octanol–water partition coefficient (Wildman–Crippen LogP) is 3.93. The minimum Gasteiger partial charge on any atom is -0.497 e. The van der Waals surface area contributed by atoms with Crippen LogP contribution in [-0.2, 0) is 10.0 Å². The number of rotatable bonds is 9. The van der Waals surface area contributed by atoms with Crippen molar-refractivity contribution in [2.75, 3.05) is 32.1 Å². The normalized spacial score (nSPS) is 15.9. The van der Waals surface area contributed by atoms with Crippen molar-refractivity contribution >= 4 is 21.4 Å². The summed E-state index contributed by atoms with van der Waals surface area (Å²) >= 11 is 0. The molecule has 0 radical (unpaired) electrons. The highest BCUT2D eigenvalue weighted by Gasteiger charge is 2.27. The van der Waals surface area contributed by atoms with Gasteiger partial charge in [-0.1, -0.05) is 12.1 Å². The van der Waals surface area contributed by atoms with Crippen LogP contribution in [0.1, 0.15) is 45.2 Å². The quantitative estimate of drug-likeness (QED) is 0.416. The molecule has 33 heavy (non-hydrogen) atoms. The summed E-state index contributed by atoms with van der Waals surface area (Å²) in [6, 6.07) is 11.8. The van der Waals surface area contributed by atoms with Crippen molar-refractivity contribution in [3.05, 3.63) is 58.1 Å². The van der Waals surface area contributed by atoms with Crippen LogP contribution in [0.2, 0.25) is 0 Å². The first-order valence-corrected chi connectivity index (χ1v) is 12.4. The molecule has 2 aromatic carbocycles. The summed E-state index contributed by atoms with van der Waals surface area (Å²) in [6.45, 7) is 7.50. The molecule has 10 heteroatoms. The van der Waals surface area contributed by atoms with E-state index in [9.17, 15) is 18.5 Å². The van der Waals surface area contributed by atoms with Crippen LogP contribution in [0.3, 0.4) is 0 Å². The van der Waals surface area contributed by atoms with Gasteiger partial charge in [0.1, 0.15) is 11.4 Å². The topological polar surface area (TPSA) is 114 Å². The number of nitrogens with zero attached hydrogens (tertiary/aromatic N) is 2. The number of likely N-dealkylation sites (tertiary alicyclic amines) is 1. The van der Waals surface area contributed by atoms with Crippen molar-refractivity contribution in [2.24, 2.45) is 0 Å². The molecular weight excluding hydrogens is 444 g/mol. The van der Waals surface area contributed by atoms with Gasteiger partial charge in [-0.15, -0.1) is 0 Å². The second-order valence-electron chi connectivity index (χ2n) is 9.20. The van der Waals surface area contributed by atoms with Gasteiger partial charge in [-0.05, 0) is 76.5 Å². The molecule has 2 aromatic rings. The predicted molar refractivity (Wildman–Crippen MR) is 128 cm³/mol. The summed E-state index contributed by atoms with van der Waals surface area (Å²) < 4.78 is 33.1. The standard InChI is InChI=1S/C23H32N4O5S/c1-23(2,3)25-33(30,31)19-11-12-20(21(15-19)27(28)29)24-16-22(26-13-5-6-14-26)17-7-9-18(32-4)10-8-17/h7-12,15,22,24-25H,5-6,13-14,16H2,1-4H3. The van der Waals surface area contributed by atoms with Crippen LogP contribution in [0.25, 0.3) is 0 Å². The minimum atomic E-state index is -3.89. The molecule has 1 unspecified atom stereocenters. The third-order valence-corrected chi connectivity index (χ3v) is 7.24. The summed E-state index contributed by atoms with van der Waals surface area (Å²) in [5.74, 6) is 0.767. The fourth-order valence-electron chi connectivity index (χ4n) is 3.98. The zero-order valence-electron chi connectivity index (χ0n) is 19.5. The average molecular weight is 477 g/mol. The molecule has 1 fully saturated rings. The van der Waals surface area contributed by atoms with Crippen LogP contribution in [0.4, 0.5) is 11.4 Å². The van der Waals surface area contributed by atoms with Gasteiger partial charge in [-0.25, -0.2) is 13.1 Å². The van der Waals surface area contributed by atoms with Gasteiger partial charge >= 0.3 is 0 Å². The number of anilines is 1. The third kappa shape index (κ3) is 6.43. The Bertz CT molecular complexity index is 1080. The van der Waals surface area contributed by atoms with Gasteiger partial charge in [-0.2, -0.15) is 0 Å². The molecule has 1 heterocycles. The number of benzene rings is 2. The van der Waals surface area contributed by atoms with Crippen LogP contribution in [0.15, 0.2) is 47.4 Å². The zero-order chi connectivity index (χ0) is 24.2. The first-order chi connectivity index (χ1) is 15.5. The van der Waals surface area contributed by atoms with Crippen molar-refractivity contribution in [1.82, 2.24) is 9.62 Å². The lowest BCUT2D eigenvalue weighted by atomic mass is 10.0. The Morgan fingerprint density at radius 3 is 2.30 bits per heavy atom. The minimum absolute atomic E-state index is 0.0176. The molecule has 1 atom stereocenters. The maximum Gasteiger partial charge on any atom is 0.293 e. The van der Waals surface area contributed by atoms with Gasteiger partial charge < -0.3 is 10.1 Å². The van der Waals surface area contributed by atoms with E-state index in [1.165, 1.54) is 12.1 Å². The van der Waals surface area contributed by atoms with Crippen LogP contribution < -0.4 is 14.8 Å². The van der Waals surface area contributed by atoms with E-state index in [4.69, 9.17) is 4.74 Å². The summed E-state index contributed by atoms with van der Waals surface area (Å²) in [5, 5.41) is 14.9. The van der Waals surface area contributed by atoms with Crippen molar-refractivity contribution < 1.29 is 18.1 Å². The molecule has 0 aliphatic carbocycles. The van der Waals surface area contributed by atoms with Crippen LogP contribution in [0.5, 0.6) is 5.75 Å². The molecule has 1 aliphatic heterocycles. The molecular formula is C23H32N4O5S. The van der Waals surface area contributed by atoms with Gasteiger partial charge in [-0.3, -0.25) is 15.0 Å². The molecule has 2 N–H and O–H groups in total. The number of methoxy groups -OCH3 is 1. The summed E-state index contributed by atoms with van der Waals surface area (Å²) in [6.07, 6.45) is 2.22. The first kappa shape index (κ1) is 24.9. The number of nitro benzene ring substituents is 1. The van der Waals surface area contributed by atoms with Crippen molar-refractivity contribution in [2.45, 2.75) is 50.1 Å². The van der Waals surface area contributed by atoms with Gasteiger partial charge in [0.05, 0.1) is 23.0 Å². The fourth-order valence-corrected chi connectivity index (χ4v) is 5.42. The summed E-state index contributed by atoms with van der Waals surface area (Å²) in [4.78, 5) is 13.4. The molecule has 180 valence electrons. The Balaban J connectivity index is 1.86. The summed E-state index contributed by atoms with van der Waals surface area (Å²) in [7, 11) is -2.27. The maximum absolute atomic E-state index is 12.6. The molecule has 0 amide bonds. The van der Waals surface area contributed by atoms with Gasteiger partial charge in [0.15, 0.2) is 0 Å². The molecule has 0 aromatic heterocycles. The Hall–Kier alpha value is -2.69. The molecule has 1 saturated heterocycles. The van der Waals surface area contributed by atoms with E-state index in [1.807, 2.05) is 24.3 Å². The molecule has 0 saturated carbocycles. The van der Waals surface area contributed by atoms with E-state index in [2.05, 4.69) is 14.9 Å². The lowest BCUT2D eigenvalue weighted by molar-refractivity contribution is -0.384. The van der Waals surface area contributed by atoms with E-state index in [-0.39, 0.29) is 22.3 Å². The number of sulfonamides is 1. The van der Waals surface area contributed by atoms with E-state index in [1.54, 1.807) is 27.9 Å². The SMILES string of the molecule is COc1ccc(C(CNc2ccc(S(=O)(=O)NC(C)(C)C)cc2[N+](=O)[O-])N2CCCC2)cc1. The Kier molecular flexibility index (Phi) is 7.61. The third-order valence-electron chi connectivity index (χ3n) is 5.48. The van der Waals surface area contributed by atoms with E-state index in [0.29, 0.717) is 6.54 Å². The lowest BCUT2D eigenvalue weighted by Crippen LogP contribution is -2.40. The second-order valence-corrected chi connectivity index (χ2v) is 10.9. The van der Waals surface area contributed by atoms with E-state index < -0.39 is 20.5 Å². The highest BCUT2D eigenvalue weighted by molar-refractivity contribution is 7.89. The van der Waals surface area contributed by atoms with E-state index >= 15 is 0 Å². The molecule has 1 aliphatic rings. The Morgan fingerprint density at radius 1 is 1.12 bits per heavy atom. The number of ether oxygens (including phenoxy) is 1. The summed E-state index contributed by atoms with van der Waals surface area (Å²) in [5.41, 5.74) is 0.391. The van der Waals surface area contributed by atoms with E-state index in [0.717, 1.165) is 43.3 Å². The highest BCUT2D eigenvalue weighted by Crippen LogP contribution is 2.31. The number of hydrogen-bond acceptors (Lipinski definition) is 7. The molecule has 3 rings (SSSR count). The lowest BCUT2D eigenvalue weighted by Gasteiger charge is -2.28. The highest BCUT2D eigenvalue weighted by atomic mass is 32.2. The second kappa shape index (κ2) is 10.1.